The van der Waals surface area contributed by atoms with E-state index in [1.54, 1.807) is 19.9 Å². The van der Waals surface area contributed by atoms with Crippen LogP contribution in [0.4, 0.5) is 5.69 Å². The van der Waals surface area contributed by atoms with Crippen molar-refractivity contribution in [3.05, 3.63) is 32.8 Å². The zero-order chi connectivity index (χ0) is 14.2. The summed E-state index contributed by atoms with van der Waals surface area (Å²) in [6, 6.07) is 3.20. The number of thiazole rings is 1. The van der Waals surface area contributed by atoms with Gasteiger partial charge < -0.3 is 0 Å². The predicted octanol–water partition coefficient (Wildman–Crippen LogP) is 3.60. The van der Waals surface area contributed by atoms with Gasteiger partial charge in [-0.25, -0.2) is 4.98 Å². The number of rotatable bonds is 4. The molecule has 0 radical (unpaired) electrons. The number of aromatic nitrogens is 1. The molecule has 0 aliphatic heterocycles. The average Bonchev–Trinajstić information content (AvgIpc) is 2.74. The molecular formula is C13H14N2O3S. The molecule has 1 heterocycles. The van der Waals surface area contributed by atoms with Crippen molar-refractivity contribution in [2.45, 2.75) is 33.1 Å². The van der Waals surface area contributed by atoms with E-state index >= 15 is 0 Å². The van der Waals surface area contributed by atoms with Crippen LogP contribution in [0.15, 0.2) is 12.1 Å². The summed E-state index contributed by atoms with van der Waals surface area (Å²) in [5, 5.41) is 12.0. The van der Waals surface area contributed by atoms with Crippen LogP contribution in [-0.2, 0) is 4.79 Å². The van der Waals surface area contributed by atoms with Gasteiger partial charge in [0.1, 0.15) is 5.78 Å². The van der Waals surface area contributed by atoms with Crippen molar-refractivity contribution >= 4 is 33.0 Å². The smallest absolute Gasteiger partial charge is 0.274 e. The molecule has 0 fully saturated rings. The first-order valence-electron chi connectivity index (χ1n) is 6.02. The lowest BCUT2D eigenvalue weighted by molar-refractivity contribution is -0.385. The molecule has 0 amide bonds. The van der Waals surface area contributed by atoms with Gasteiger partial charge in [0.2, 0.25) is 0 Å². The number of hydrogen-bond donors (Lipinski definition) is 0. The molecule has 1 atom stereocenters. The number of carbonyl (C=O) groups is 1. The van der Waals surface area contributed by atoms with Crippen LogP contribution >= 0.6 is 11.3 Å². The molecule has 0 spiro atoms. The summed E-state index contributed by atoms with van der Waals surface area (Å²) in [5.74, 6) is -0.480. The van der Waals surface area contributed by atoms with E-state index in [0.717, 1.165) is 15.2 Å². The van der Waals surface area contributed by atoms with E-state index in [0.29, 0.717) is 12.0 Å². The molecule has 0 aliphatic rings. The van der Waals surface area contributed by atoms with Crippen molar-refractivity contribution in [1.82, 2.24) is 4.98 Å². The Hall–Kier alpha value is -1.82. The van der Waals surface area contributed by atoms with Gasteiger partial charge in [-0.3, -0.25) is 14.9 Å². The summed E-state index contributed by atoms with van der Waals surface area (Å²) in [6.45, 7) is 5.33. The number of aryl methyl sites for hydroxylation is 1. The van der Waals surface area contributed by atoms with Gasteiger partial charge in [0.05, 0.1) is 20.1 Å². The molecule has 5 nitrogen and oxygen atoms in total. The maximum atomic E-state index is 11.8. The van der Waals surface area contributed by atoms with Gasteiger partial charge >= 0.3 is 0 Å². The summed E-state index contributed by atoms with van der Waals surface area (Å²) in [5.41, 5.74) is 1.18. The molecule has 1 aromatic carbocycles. The number of fused-ring (bicyclic) bond motifs is 1. The lowest BCUT2D eigenvalue weighted by Gasteiger charge is -2.10. The Morgan fingerprint density at radius 3 is 2.79 bits per heavy atom. The van der Waals surface area contributed by atoms with Crippen LogP contribution in [0, 0.1) is 17.0 Å². The molecule has 2 rings (SSSR count). The van der Waals surface area contributed by atoms with Crippen molar-refractivity contribution < 1.29 is 9.72 Å². The number of hydrogen-bond acceptors (Lipinski definition) is 5. The number of nitro benzene ring substituents is 1. The number of benzene rings is 1. The second kappa shape index (κ2) is 5.05. The molecule has 0 N–H and O–H groups in total. The third-order valence-electron chi connectivity index (χ3n) is 3.14. The van der Waals surface area contributed by atoms with Crippen molar-refractivity contribution in [2.75, 3.05) is 0 Å². The van der Waals surface area contributed by atoms with Gasteiger partial charge in [-0.1, -0.05) is 13.8 Å². The summed E-state index contributed by atoms with van der Waals surface area (Å²) >= 11 is 1.42. The van der Waals surface area contributed by atoms with Crippen LogP contribution < -0.4 is 0 Å². The quantitative estimate of drug-likeness (QED) is 0.632. The third kappa shape index (κ3) is 2.49. The second-order valence-electron chi connectivity index (χ2n) is 4.41. The van der Waals surface area contributed by atoms with Gasteiger partial charge in [-0.15, -0.1) is 11.3 Å². The van der Waals surface area contributed by atoms with Crippen LogP contribution in [0.25, 0.3) is 10.2 Å². The lowest BCUT2D eigenvalue weighted by atomic mass is 9.93. The van der Waals surface area contributed by atoms with Crippen LogP contribution in [0.1, 0.15) is 36.8 Å². The van der Waals surface area contributed by atoms with E-state index in [1.807, 2.05) is 6.92 Å². The van der Waals surface area contributed by atoms with Crippen LogP contribution in [0.2, 0.25) is 0 Å². The fourth-order valence-electron chi connectivity index (χ4n) is 2.08. The Morgan fingerprint density at radius 2 is 2.21 bits per heavy atom. The van der Waals surface area contributed by atoms with Crippen LogP contribution in [-0.4, -0.2) is 15.7 Å². The number of nitro groups is 1. The van der Waals surface area contributed by atoms with E-state index < -0.39 is 10.8 Å². The molecule has 0 saturated carbocycles. The lowest BCUT2D eigenvalue weighted by Crippen LogP contribution is -2.09. The Bertz CT molecular complexity index is 663. The molecule has 1 unspecified atom stereocenters. The Morgan fingerprint density at radius 1 is 1.53 bits per heavy atom. The van der Waals surface area contributed by atoms with Crippen LogP contribution in [0.5, 0.6) is 0 Å². The highest BCUT2D eigenvalue weighted by Crippen LogP contribution is 2.34. The first-order valence-corrected chi connectivity index (χ1v) is 6.83. The van der Waals surface area contributed by atoms with Crippen molar-refractivity contribution in [2.24, 2.45) is 0 Å². The molecule has 0 bridgehead atoms. The van der Waals surface area contributed by atoms with Gasteiger partial charge in [0.25, 0.3) is 5.69 Å². The third-order valence-corrected chi connectivity index (χ3v) is 4.07. The zero-order valence-electron chi connectivity index (χ0n) is 11.0. The summed E-state index contributed by atoms with van der Waals surface area (Å²) < 4.78 is 0.782. The predicted molar refractivity (Wildman–Crippen MR) is 74.7 cm³/mol. The van der Waals surface area contributed by atoms with E-state index in [4.69, 9.17) is 0 Å². The second-order valence-corrected chi connectivity index (χ2v) is 5.65. The minimum atomic E-state index is -0.475. The fraction of sp³-hybridized carbons (Fsp3) is 0.385. The maximum absolute atomic E-state index is 11.8. The van der Waals surface area contributed by atoms with E-state index in [1.165, 1.54) is 17.4 Å². The molecule has 100 valence electrons. The first-order chi connectivity index (χ1) is 8.93. The van der Waals surface area contributed by atoms with E-state index in [2.05, 4.69) is 4.98 Å². The van der Waals surface area contributed by atoms with E-state index in [9.17, 15) is 14.9 Å². The van der Waals surface area contributed by atoms with Crippen LogP contribution in [0.3, 0.4) is 0 Å². The monoisotopic (exact) mass is 278 g/mol. The zero-order valence-corrected chi connectivity index (χ0v) is 11.8. The first kappa shape index (κ1) is 13.6. The minimum absolute atomic E-state index is 0.00505. The highest BCUT2D eigenvalue weighted by atomic mass is 32.1. The number of ketones is 1. The maximum Gasteiger partial charge on any atom is 0.274 e. The Labute approximate surface area is 114 Å². The van der Waals surface area contributed by atoms with Gasteiger partial charge in [-0.2, -0.15) is 0 Å². The van der Waals surface area contributed by atoms with Crippen molar-refractivity contribution in [1.29, 1.82) is 0 Å². The minimum Gasteiger partial charge on any atom is -0.299 e. The fourth-order valence-corrected chi connectivity index (χ4v) is 2.92. The number of carbonyl (C=O) groups excluding carboxylic acids is 1. The molecule has 0 saturated heterocycles. The highest BCUT2D eigenvalue weighted by molar-refractivity contribution is 7.18. The molecule has 2 aromatic rings. The SMILES string of the molecule is CCC(=O)C(C)c1cc2nc(C)sc2cc1[N+](=O)[O-]. The number of nitrogens with zero attached hydrogens (tertiary/aromatic N) is 2. The Balaban J connectivity index is 2.65. The number of Topliss-reactive ketones (excluding diaryl/α,β-unsaturated/α-hetero) is 1. The van der Waals surface area contributed by atoms with Gasteiger partial charge in [0, 0.05) is 24.0 Å². The largest absolute Gasteiger partial charge is 0.299 e. The molecule has 19 heavy (non-hydrogen) atoms. The highest BCUT2D eigenvalue weighted by Gasteiger charge is 2.24. The van der Waals surface area contributed by atoms with E-state index in [-0.39, 0.29) is 11.5 Å². The average molecular weight is 278 g/mol. The Kier molecular flexibility index (Phi) is 3.61. The summed E-state index contributed by atoms with van der Waals surface area (Å²) in [7, 11) is 0. The summed E-state index contributed by atoms with van der Waals surface area (Å²) in [6.07, 6.45) is 0.368. The molecule has 0 aliphatic carbocycles. The normalized spacial score (nSPS) is 12.6. The molecule has 6 heteroatoms. The van der Waals surface area contributed by atoms with Gasteiger partial charge in [0.15, 0.2) is 0 Å². The molecule has 1 aromatic heterocycles. The summed E-state index contributed by atoms with van der Waals surface area (Å²) in [4.78, 5) is 26.9. The molecular weight excluding hydrogens is 264 g/mol. The standard InChI is InChI=1S/C13H14N2O3S/c1-4-12(16)7(2)9-5-10-13(19-8(3)14-10)6-11(9)15(17)18/h5-7H,4H2,1-3H3. The van der Waals surface area contributed by atoms with Crippen molar-refractivity contribution in [3.8, 4) is 0 Å². The van der Waals surface area contributed by atoms with Crippen molar-refractivity contribution in [3.63, 3.8) is 0 Å². The topological polar surface area (TPSA) is 73.1 Å². The van der Waals surface area contributed by atoms with Gasteiger partial charge in [-0.05, 0) is 13.0 Å².